The molecule has 3 nitrogen and oxygen atoms in total. The Labute approximate surface area is 74.4 Å². The number of halogens is 3. The summed E-state index contributed by atoms with van der Waals surface area (Å²) in [7, 11) is 0. The highest BCUT2D eigenvalue weighted by molar-refractivity contribution is 5.80. The van der Waals surface area contributed by atoms with Gasteiger partial charge in [0.15, 0.2) is 0 Å². The first-order chi connectivity index (χ1) is 5.87. The number of hydrazone groups is 1. The van der Waals surface area contributed by atoms with Gasteiger partial charge in [-0.15, -0.1) is 0 Å². The van der Waals surface area contributed by atoms with Gasteiger partial charge in [0.25, 0.3) is 0 Å². The van der Waals surface area contributed by atoms with Crippen LogP contribution in [0.2, 0.25) is 0 Å². The lowest BCUT2D eigenvalue weighted by molar-refractivity contribution is -0.147. The van der Waals surface area contributed by atoms with Crippen molar-refractivity contribution in [2.75, 3.05) is 13.1 Å². The van der Waals surface area contributed by atoms with Gasteiger partial charge in [0.1, 0.15) is 12.4 Å². The van der Waals surface area contributed by atoms with Crippen molar-refractivity contribution in [2.45, 2.75) is 19.5 Å². The molecule has 0 amide bonds. The fraction of sp³-hybridized carbons (Fsp3) is 0.857. The Balaban J connectivity index is 2.56. The highest BCUT2D eigenvalue weighted by Gasteiger charge is 2.32. The fourth-order valence-corrected chi connectivity index (χ4v) is 1.35. The average Bonchev–Trinajstić information content (AvgIpc) is 1.78. The Morgan fingerprint density at radius 3 is 2.69 bits per heavy atom. The highest BCUT2D eigenvalue weighted by atomic mass is 19.4. The first kappa shape index (κ1) is 10.1. The number of alkyl halides is 3. The van der Waals surface area contributed by atoms with Crippen LogP contribution in [0.1, 0.15) is 13.3 Å². The van der Waals surface area contributed by atoms with E-state index in [9.17, 15) is 13.2 Å². The Hall–Kier alpha value is -0.940. The maximum Gasteiger partial charge on any atom is 0.407 e. The lowest BCUT2D eigenvalue weighted by Crippen LogP contribution is -2.39. The number of hydrogen-bond acceptors (Lipinski definition) is 3. The second-order valence-corrected chi connectivity index (χ2v) is 3.36. The molecule has 0 aromatic carbocycles. The molecule has 13 heavy (non-hydrogen) atoms. The normalized spacial score (nSPS) is 24.5. The van der Waals surface area contributed by atoms with Gasteiger partial charge in [-0.1, -0.05) is 6.92 Å². The summed E-state index contributed by atoms with van der Waals surface area (Å²) < 4.78 is 35.8. The van der Waals surface area contributed by atoms with Crippen LogP contribution in [0.25, 0.3) is 0 Å². The maximum atomic E-state index is 11.9. The van der Waals surface area contributed by atoms with Crippen LogP contribution in [0, 0.1) is 5.92 Å². The third-order valence-electron chi connectivity index (χ3n) is 1.71. The van der Waals surface area contributed by atoms with E-state index in [1.54, 1.807) is 0 Å². The zero-order valence-corrected chi connectivity index (χ0v) is 7.30. The summed E-state index contributed by atoms with van der Waals surface area (Å²) in [6.45, 7) is 1.16. The number of amidine groups is 1. The van der Waals surface area contributed by atoms with Crippen molar-refractivity contribution in [3.8, 4) is 0 Å². The lowest BCUT2D eigenvalue weighted by atomic mass is 10.1. The van der Waals surface area contributed by atoms with E-state index in [1.807, 2.05) is 6.92 Å². The largest absolute Gasteiger partial charge is 0.407 e. The van der Waals surface area contributed by atoms with E-state index in [0.717, 1.165) is 5.01 Å². The number of nitrogens with two attached hydrogens (primary N) is 1. The monoisotopic (exact) mass is 195 g/mol. The predicted molar refractivity (Wildman–Crippen MR) is 43.0 cm³/mol. The minimum Gasteiger partial charge on any atom is -0.386 e. The molecule has 0 spiro atoms. The molecule has 1 atom stereocenters. The van der Waals surface area contributed by atoms with Crippen molar-refractivity contribution >= 4 is 5.84 Å². The summed E-state index contributed by atoms with van der Waals surface area (Å²) in [5.41, 5.74) is 5.38. The fourth-order valence-electron chi connectivity index (χ4n) is 1.35. The van der Waals surface area contributed by atoms with Crippen LogP contribution < -0.4 is 5.73 Å². The molecule has 0 fully saturated rings. The Morgan fingerprint density at radius 1 is 1.62 bits per heavy atom. The van der Waals surface area contributed by atoms with E-state index >= 15 is 0 Å². The van der Waals surface area contributed by atoms with Crippen molar-refractivity contribution in [1.29, 1.82) is 0 Å². The molecule has 1 unspecified atom stereocenters. The topological polar surface area (TPSA) is 41.6 Å². The van der Waals surface area contributed by atoms with Gasteiger partial charge in [-0.3, -0.25) is 5.01 Å². The second-order valence-electron chi connectivity index (χ2n) is 3.36. The molecule has 0 aromatic heterocycles. The van der Waals surface area contributed by atoms with Crippen LogP contribution in [0.5, 0.6) is 0 Å². The van der Waals surface area contributed by atoms with Crippen molar-refractivity contribution in [3.63, 3.8) is 0 Å². The molecule has 6 heteroatoms. The molecule has 0 radical (unpaired) electrons. The maximum absolute atomic E-state index is 11.9. The zero-order valence-electron chi connectivity index (χ0n) is 7.30. The molecule has 2 N–H and O–H groups in total. The molecule has 1 aliphatic heterocycles. The van der Waals surface area contributed by atoms with Crippen molar-refractivity contribution in [2.24, 2.45) is 16.8 Å². The quantitative estimate of drug-likeness (QED) is 0.682. The van der Waals surface area contributed by atoms with Gasteiger partial charge < -0.3 is 5.73 Å². The van der Waals surface area contributed by atoms with Crippen LogP contribution in [0.15, 0.2) is 5.10 Å². The third-order valence-corrected chi connectivity index (χ3v) is 1.71. The van der Waals surface area contributed by atoms with Crippen molar-refractivity contribution < 1.29 is 13.2 Å². The van der Waals surface area contributed by atoms with E-state index in [2.05, 4.69) is 5.10 Å². The Bertz CT molecular complexity index is 212. The summed E-state index contributed by atoms with van der Waals surface area (Å²) in [6.07, 6.45) is -3.63. The van der Waals surface area contributed by atoms with E-state index in [4.69, 9.17) is 5.73 Å². The summed E-state index contributed by atoms with van der Waals surface area (Å²) >= 11 is 0. The molecule has 0 bridgehead atoms. The van der Waals surface area contributed by atoms with Gasteiger partial charge in [0.05, 0.1) is 0 Å². The molecular formula is C7H12F3N3. The van der Waals surface area contributed by atoms with Gasteiger partial charge in [-0.05, 0) is 5.92 Å². The van der Waals surface area contributed by atoms with Gasteiger partial charge in [-0.25, -0.2) is 0 Å². The first-order valence-electron chi connectivity index (χ1n) is 4.01. The molecule has 0 saturated carbocycles. The zero-order chi connectivity index (χ0) is 10.1. The smallest absolute Gasteiger partial charge is 0.386 e. The minimum absolute atomic E-state index is 0.139. The van der Waals surface area contributed by atoms with Crippen LogP contribution in [-0.2, 0) is 0 Å². The molecule has 0 aliphatic carbocycles. The average molecular weight is 195 g/mol. The summed E-state index contributed by atoms with van der Waals surface area (Å²) in [4.78, 5) is 0. The van der Waals surface area contributed by atoms with Crippen LogP contribution in [0.4, 0.5) is 13.2 Å². The molecule has 1 rings (SSSR count). The second kappa shape index (κ2) is 3.43. The Morgan fingerprint density at radius 2 is 2.23 bits per heavy atom. The molecule has 1 heterocycles. The van der Waals surface area contributed by atoms with E-state index in [1.165, 1.54) is 0 Å². The van der Waals surface area contributed by atoms with Gasteiger partial charge in [0, 0.05) is 13.0 Å². The molecule has 0 aromatic rings. The third kappa shape index (κ3) is 3.52. The number of nitrogens with zero attached hydrogens (tertiary/aromatic N) is 2. The summed E-state index contributed by atoms with van der Waals surface area (Å²) in [5.74, 6) is 0.419. The standard InChI is InChI=1S/C7H12F3N3/c1-5-2-6(11)12-13(3-5)4-7(8,9)10/h5H,2-4H2,1H3,(H2,11,12). The summed E-state index contributed by atoms with van der Waals surface area (Å²) in [5, 5.41) is 4.60. The summed E-state index contributed by atoms with van der Waals surface area (Å²) in [6, 6.07) is 0. The molecule has 1 aliphatic rings. The van der Waals surface area contributed by atoms with Crippen LogP contribution in [-0.4, -0.2) is 30.1 Å². The first-order valence-corrected chi connectivity index (χ1v) is 4.01. The highest BCUT2D eigenvalue weighted by Crippen LogP contribution is 2.20. The van der Waals surface area contributed by atoms with Gasteiger partial charge >= 0.3 is 6.18 Å². The van der Waals surface area contributed by atoms with Crippen molar-refractivity contribution in [1.82, 2.24) is 5.01 Å². The molecule has 0 saturated heterocycles. The lowest BCUT2D eigenvalue weighted by Gasteiger charge is -2.28. The predicted octanol–water partition coefficient (Wildman–Crippen LogP) is 1.16. The van der Waals surface area contributed by atoms with Crippen LogP contribution in [0.3, 0.4) is 0 Å². The van der Waals surface area contributed by atoms with Crippen LogP contribution >= 0.6 is 0 Å². The van der Waals surface area contributed by atoms with Gasteiger partial charge in [-0.2, -0.15) is 18.3 Å². The van der Waals surface area contributed by atoms with E-state index < -0.39 is 12.7 Å². The molecule has 76 valence electrons. The van der Waals surface area contributed by atoms with E-state index in [0.29, 0.717) is 13.0 Å². The Kier molecular flexibility index (Phi) is 2.68. The minimum atomic E-state index is -4.21. The number of rotatable bonds is 1. The van der Waals surface area contributed by atoms with E-state index in [-0.39, 0.29) is 11.8 Å². The van der Waals surface area contributed by atoms with Gasteiger partial charge in [0.2, 0.25) is 0 Å². The number of hydrogen-bond donors (Lipinski definition) is 1. The van der Waals surface area contributed by atoms with Crippen molar-refractivity contribution in [3.05, 3.63) is 0 Å². The SMILES string of the molecule is CC1CC(N)=NN(CC(F)(F)F)C1. The molecular weight excluding hydrogens is 183 g/mol.